The highest BCUT2D eigenvalue weighted by molar-refractivity contribution is 6.07. The quantitative estimate of drug-likeness (QED) is 0.682. The molecule has 5 heteroatoms. The fraction of sp³-hybridized carbons (Fsp3) is 0.238. The van der Waals surface area contributed by atoms with E-state index in [9.17, 15) is 4.79 Å². The maximum Gasteiger partial charge on any atom is 0.261 e. The predicted octanol–water partition coefficient (Wildman–Crippen LogP) is 4.46. The minimum atomic E-state index is -0.122. The second-order valence-electron chi connectivity index (χ2n) is 6.29. The van der Waals surface area contributed by atoms with Gasteiger partial charge in [0, 0.05) is 12.7 Å². The molecule has 5 nitrogen and oxygen atoms in total. The van der Waals surface area contributed by atoms with Crippen molar-refractivity contribution in [3.05, 3.63) is 76.7 Å². The highest BCUT2D eigenvalue weighted by Crippen LogP contribution is 2.24. The molecule has 3 aromatic rings. The number of nitrogens with zero attached hydrogens (tertiary/aromatic N) is 2. The van der Waals surface area contributed by atoms with Crippen molar-refractivity contribution in [3.63, 3.8) is 0 Å². The summed E-state index contributed by atoms with van der Waals surface area (Å²) >= 11 is 0. The molecule has 2 aromatic carbocycles. The predicted molar refractivity (Wildman–Crippen MR) is 101 cm³/mol. The molecule has 0 unspecified atom stereocenters. The maximum absolute atomic E-state index is 13.0. The van der Waals surface area contributed by atoms with Gasteiger partial charge in [-0.25, -0.2) is 0 Å². The number of carbonyl (C=O) groups excluding carboxylic acids is 1. The van der Waals surface area contributed by atoms with Gasteiger partial charge in [0.05, 0.1) is 16.8 Å². The molecular weight excluding hydrogens is 328 g/mol. The minimum Gasteiger partial charge on any atom is -0.488 e. The van der Waals surface area contributed by atoms with Gasteiger partial charge in [0.15, 0.2) is 0 Å². The van der Waals surface area contributed by atoms with Crippen LogP contribution in [0.25, 0.3) is 0 Å². The lowest BCUT2D eigenvalue weighted by Crippen LogP contribution is -2.26. The zero-order chi connectivity index (χ0) is 18.7. The number of hydrogen-bond acceptors (Lipinski definition) is 4. The van der Waals surface area contributed by atoms with E-state index in [4.69, 9.17) is 9.26 Å². The number of para-hydroxylation sites is 1. The lowest BCUT2D eigenvalue weighted by atomic mass is 10.1. The Bertz CT molecular complexity index is 894. The number of anilines is 1. The second kappa shape index (κ2) is 7.44. The van der Waals surface area contributed by atoms with Crippen molar-refractivity contribution in [2.24, 2.45) is 0 Å². The summed E-state index contributed by atoms with van der Waals surface area (Å²) < 4.78 is 11.1. The number of amides is 1. The summed E-state index contributed by atoms with van der Waals surface area (Å²) in [7, 11) is 1.76. The molecule has 0 N–H and O–H groups in total. The molecule has 0 atom stereocenters. The molecule has 26 heavy (non-hydrogen) atoms. The molecule has 0 spiro atoms. The summed E-state index contributed by atoms with van der Waals surface area (Å²) in [5, 5.41) is 3.93. The third-order valence-electron chi connectivity index (χ3n) is 4.40. The van der Waals surface area contributed by atoms with Gasteiger partial charge in [0.1, 0.15) is 18.1 Å². The fourth-order valence-electron chi connectivity index (χ4n) is 2.69. The molecule has 3 rings (SSSR count). The first kappa shape index (κ1) is 17.7. The molecule has 0 bridgehead atoms. The van der Waals surface area contributed by atoms with Crippen molar-refractivity contribution >= 4 is 11.6 Å². The molecule has 0 aliphatic carbocycles. The lowest BCUT2D eigenvalue weighted by molar-refractivity contribution is 0.0988. The van der Waals surface area contributed by atoms with Crippen molar-refractivity contribution in [1.29, 1.82) is 0 Å². The van der Waals surface area contributed by atoms with Gasteiger partial charge in [0.2, 0.25) is 0 Å². The largest absolute Gasteiger partial charge is 0.488 e. The summed E-state index contributed by atoms with van der Waals surface area (Å²) in [6, 6.07) is 15.1. The van der Waals surface area contributed by atoms with Crippen LogP contribution < -0.4 is 9.64 Å². The molecule has 0 radical (unpaired) electrons. The molecular formula is C21H22N2O3. The van der Waals surface area contributed by atoms with Gasteiger partial charge in [-0.3, -0.25) is 4.79 Å². The van der Waals surface area contributed by atoms with Crippen LogP contribution in [0.4, 0.5) is 5.69 Å². The van der Waals surface area contributed by atoms with Crippen molar-refractivity contribution in [2.75, 3.05) is 11.9 Å². The van der Waals surface area contributed by atoms with Gasteiger partial charge >= 0.3 is 0 Å². The molecule has 1 aromatic heterocycles. The average Bonchev–Trinajstić information content (AvgIpc) is 2.97. The number of rotatable bonds is 5. The van der Waals surface area contributed by atoms with Gasteiger partial charge in [-0.1, -0.05) is 35.0 Å². The van der Waals surface area contributed by atoms with Gasteiger partial charge in [-0.2, -0.15) is 0 Å². The van der Waals surface area contributed by atoms with Gasteiger partial charge < -0.3 is 14.2 Å². The van der Waals surface area contributed by atoms with Crippen LogP contribution in [0.5, 0.6) is 5.75 Å². The van der Waals surface area contributed by atoms with Crippen LogP contribution in [-0.2, 0) is 6.61 Å². The van der Waals surface area contributed by atoms with Crippen LogP contribution in [0.15, 0.2) is 53.1 Å². The molecule has 134 valence electrons. The van der Waals surface area contributed by atoms with Crippen LogP contribution in [-0.4, -0.2) is 18.1 Å². The highest BCUT2D eigenvalue weighted by Gasteiger charge is 2.19. The summed E-state index contributed by atoms with van der Waals surface area (Å²) in [5.74, 6) is 1.14. The molecule has 0 aliphatic rings. The Hall–Kier alpha value is -3.08. The van der Waals surface area contributed by atoms with Crippen molar-refractivity contribution in [2.45, 2.75) is 27.4 Å². The van der Waals surface area contributed by atoms with Crippen molar-refractivity contribution in [1.82, 2.24) is 5.16 Å². The summed E-state index contributed by atoms with van der Waals surface area (Å²) in [6.45, 7) is 6.04. The van der Waals surface area contributed by atoms with E-state index in [-0.39, 0.29) is 5.91 Å². The van der Waals surface area contributed by atoms with Crippen molar-refractivity contribution in [3.8, 4) is 5.75 Å². The first-order chi connectivity index (χ1) is 12.5. The Morgan fingerprint density at radius 2 is 1.77 bits per heavy atom. The van der Waals surface area contributed by atoms with E-state index in [1.165, 1.54) is 0 Å². The standard InChI is InChI=1S/C21H22N2O3/c1-14-9-11-17(12-10-14)23(4)21(24)18-7-5-6-8-20(18)25-13-19-15(2)22-26-16(19)3/h5-12H,13H2,1-4H3. The Morgan fingerprint density at radius 1 is 1.08 bits per heavy atom. The number of carbonyl (C=O) groups is 1. The maximum atomic E-state index is 13.0. The van der Waals surface area contributed by atoms with E-state index < -0.39 is 0 Å². The van der Waals surface area contributed by atoms with Crippen LogP contribution >= 0.6 is 0 Å². The van der Waals surface area contributed by atoms with Crippen LogP contribution in [0.1, 0.15) is 32.9 Å². The smallest absolute Gasteiger partial charge is 0.261 e. The van der Waals surface area contributed by atoms with E-state index in [1.807, 2.05) is 57.2 Å². The third-order valence-corrected chi connectivity index (χ3v) is 4.40. The van der Waals surface area contributed by atoms with Crippen LogP contribution in [0.3, 0.4) is 0 Å². The lowest BCUT2D eigenvalue weighted by Gasteiger charge is -2.19. The van der Waals surface area contributed by atoms with Crippen molar-refractivity contribution < 1.29 is 14.1 Å². The molecule has 1 heterocycles. The SMILES string of the molecule is Cc1ccc(N(C)C(=O)c2ccccc2OCc2c(C)noc2C)cc1. The normalized spacial score (nSPS) is 10.6. The first-order valence-electron chi connectivity index (χ1n) is 8.45. The van der Waals surface area contributed by atoms with E-state index in [0.29, 0.717) is 17.9 Å². The van der Waals surface area contributed by atoms with E-state index in [0.717, 1.165) is 28.3 Å². The zero-order valence-electron chi connectivity index (χ0n) is 15.4. The van der Waals surface area contributed by atoms with Crippen LogP contribution in [0, 0.1) is 20.8 Å². The second-order valence-corrected chi connectivity index (χ2v) is 6.29. The number of hydrogen-bond donors (Lipinski definition) is 0. The van der Waals surface area contributed by atoms with E-state index >= 15 is 0 Å². The third kappa shape index (κ3) is 3.61. The molecule has 0 fully saturated rings. The van der Waals surface area contributed by atoms with Gasteiger partial charge in [-0.05, 0) is 45.0 Å². The van der Waals surface area contributed by atoms with Crippen LogP contribution in [0.2, 0.25) is 0 Å². The number of aryl methyl sites for hydroxylation is 3. The molecule has 1 amide bonds. The monoisotopic (exact) mass is 350 g/mol. The molecule has 0 saturated heterocycles. The zero-order valence-corrected chi connectivity index (χ0v) is 15.4. The van der Waals surface area contributed by atoms with E-state index in [1.54, 1.807) is 24.1 Å². The Labute approximate surface area is 153 Å². The minimum absolute atomic E-state index is 0.122. The van der Waals surface area contributed by atoms with Gasteiger partial charge in [0.25, 0.3) is 5.91 Å². The Kier molecular flexibility index (Phi) is 5.07. The Balaban J connectivity index is 1.82. The number of ether oxygens (including phenoxy) is 1. The number of aromatic nitrogens is 1. The summed E-state index contributed by atoms with van der Waals surface area (Å²) in [4.78, 5) is 14.6. The van der Waals surface area contributed by atoms with E-state index in [2.05, 4.69) is 5.16 Å². The van der Waals surface area contributed by atoms with Gasteiger partial charge in [-0.15, -0.1) is 0 Å². The average molecular weight is 350 g/mol. The number of benzene rings is 2. The summed E-state index contributed by atoms with van der Waals surface area (Å²) in [6.07, 6.45) is 0. The fourth-order valence-corrected chi connectivity index (χ4v) is 2.69. The molecule has 0 aliphatic heterocycles. The Morgan fingerprint density at radius 3 is 2.42 bits per heavy atom. The first-order valence-corrected chi connectivity index (χ1v) is 8.45. The summed E-state index contributed by atoms with van der Waals surface area (Å²) in [5.41, 5.74) is 4.20. The molecule has 0 saturated carbocycles. The highest BCUT2D eigenvalue weighted by atomic mass is 16.5. The topological polar surface area (TPSA) is 55.6 Å².